The van der Waals surface area contributed by atoms with Crippen LogP contribution in [0.4, 0.5) is 0 Å². The molecule has 0 saturated carbocycles. The molecule has 0 aromatic carbocycles. The van der Waals surface area contributed by atoms with Crippen molar-refractivity contribution in [2.45, 2.75) is 38.5 Å². The van der Waals surface area contributed by atoms with Crippen molar-refractivity contribution in [3.8, 4) is 0 Å². The average molecular weight is 179 g/mol. The largest absolute Gasteiger partial charge is 0.453 e. The summed E-state index contributed by atoms with van der Waals surface area (Å²) in [4.78, 5) is 0. The van der Waals surface area contributed by atoms with E-state index in [1.165, 1.54) is 19.6 Å². The molecule has 2 heteroatoms. The fourth-order valence-electron chi connectivity index (χ4n) is 1.64. The first kappa shape index (κ1) is 8.67. The van der Waals surface area contributed by atoms with E-state index in [1.807, 2.05) is 0 Å². The summed E-state index contributed by atoms with van der Waals surface area (Å²) >= 11 is 0. The predicted octanol–water partition coefficient (Wildman–Crippen LogP) is 3.27. The van der Waals surface area contributed by atoms with Crippen LogP contribution in [0.25, 0.3) is 0 Å². The van der Waals surface area contributed by atoms with Gasteiger partial charge in [-0.2, -0.15) is 0 Å². The molecular formula is C11H15O2. The third-order valence-corrected chi connectivity index (χ3v) is 2.40. The maximum atomic E-state index is 5.34. The molecule has 71 valence electrons. The Hall–Kier alpha value is -0.920. The first-order chi connectivity index (χ1) is 6.45. The minimum absolute atomic E-state index is 1.05. The number of hydrogen-bond donors (Lipinski definition) is 0. The lowest BCUT2D eigenvalue weighted by Gasteiger charge is -2.07. The van der Waals surface area contributed by atoms with Gasteiger partial charge < -0.3 is 9.47 Å². The van der Waals surface area contributed by atoms with Crippen LogP contribution in [0.2, 0.25) is 0 Å². The molecule has 1 radical (unpaired) electrons. The molecular weight excluding hydrogens is 164 g/mol. The van der Waals surface area contributed by atoms with Crippen molar-refractivity contribution < 1.29 is 9.47 Å². The van der Waals surface area contributed by atoms with Gasteiger partial charge in [0.2, 0.25) is 0 Å². The second-order valence-corrected chi connectivity index (χ2v) is 3.46. The molecule has 0 aliphatic heterocycles. The first-order valence-electron chi connectivity index (χ1n) is 4.98. The standard InChI is InChI=1S/C11H15O2/c1-2-6-10(5-1)12-9-13-11-7-3-4-8-11/h5,7,9H,1-4,6,8H2. The third kappa shape index (κ3) is 2.51. The maximum Gasteiger partial charge on any atom is 0.315 e. The molecule has 0 aromatic rings. The zero-order valence-corrected chi connectivity index (χ0v) is 7.79. The molecule has 0 N–H and O–H groups in total. The van der Waals surface area contributed by atoms with Crippen LogP contribution in [0.5, 0.6) is 0 Å². The Bertz CT molecular complexity index is 204. The van der Waals surface area contributed by atoms with Crippen LogP contribution in [0, 0.1) is 6.79 Å². The van der Waals surface area contributed by atoms with Crippen molar-refractivity contribution in [2.75, 3.05) is 0 Å². The van der Waals surface area contributed by atoms with E-state index in [2.05, 4.69) is 12.2 Å². The monoisotopic (exact) mass is 179 g/mol. The molecule has 0 spiro atoms. The van der Waals surface area contributed by atoms with E-state index in [1.54, 1.807) is 0 Å². The van der Waals surface area contributed by atoms with Gasteiger partial charge in [0, 0.05) is 12.8 Å². The highest BCUT2D eigenvalue weighted by atomic mass is 16.7. The van der Waals surface area contributed by atoms with Gasteiger partial charge in [-0.3, -0.25) is 0 Å². The van der Waals surface area contributed by atoms with Gasteiger partial charge in [0.1, 0.15) is 0 Å². The van der Waals surface area contributed by atoms with E-state index in [9.17, 15) is 0 Å². The summed E-state index contributed by atoms with van der Waals surface area (Å²) in [6.45, 7) is 1.47. The molecule has 0 fully saturated rings. The Labute approximate surface area is 79.2 Å². The molecule has 0 bridgehead atoms. The van der Waals surface area contributed by atoms with Crippen LogP contribution in [0.15, 0.2) is 23.7 Å². The van der Waals surface area contributed by atoms with E-state index in [4.69, 9.17) is 9.47 Å². The van der Waals surface area contributed by atoms with Crippen LogP contribution >= 0.6 is 0 Å². The van der Waals surface area contributed by atoms with E-state index in [0.717, 1.165) is 37.2 Å². The van der Waals surface area contributed by atoms with Crippen molar-refractivity contribution in [3.63, 3.8) is 0 Å². The smallest absolute Gasteiger partial charge is 0.315 e. The summed E-state index contributed by atoms with van der Waals surface area (Å²) in [6, 6.07) is 0. The topological polar surface area (TPSA) is 18.5 Å². The minimum atomic E-state index is 1.05. The summed E-state index contributed by atoms with van der Waals surface area (Å²) in [5.74, 6) is 2.11. The average Bonchev–Trinajstić information content (AvgIpc) is 2.75. The molecule has 2 rings (SSSR count). The lowest BCUT2D eigenvalue weighted by atomic mass is 10.4. The van der Waals surface area contributed by atoms with Crippen LogP contribution < -0.4 is 0 Å². The zero-order chi connectivity index (χ0) is 8.93. The lowest BCUT2D eigenvalue weighted by Crippen LogP contribution is -1.91. The zero-order valence-electron chi connectivity index (χ0n) is 7.79. The lowest BCUT2D eigenvalue weighted by molar-refractivity contribution is 0.0914. The molecule has 0 heterocycles. The quantitative estimate of drug-likeness (QED) is 0.659. The Morgan fingerprint density at radius 3 is 1.85 bits per heavy atom. The Morgan fingerprint density at radius 2 is 1.46 bits per heavy atom. The molecule has 2 aliphatic rings. The number of allylic oxidation sites excluding steroid dienone is 4. The van der Waals surface area contributed by atoms with Gasteiger partial charge in [0.15, 0.2) is 0 Å². The third-order valence-electron chi connectivity index (χ3n) is 2.40. The molecule has 13 heavy (non-hydrogen) atoms. The summed E-state index contributed by atoms with van der Waals surface area (Å²) in [7, 11) is 0. The second kappa shape index (κ2) is 4.35. The van der Waals surface area contributed by atoms with Gasteiger partial charge >= 0.3 is 6.79 Å². The predicted molar refractivity (Wildman–Crippen MR) is 50.3 cm³/mol. The summed E-state index contributed by atoms with van der Waals surface area (Å²) in [5.41, 5.74) is 0. The van der Waals surface area contributed by atoms with Crippen molar-refractivity contribution in [1.82, 2.24) is 0 Å². The van der Waals surface area contributed by atoms with E-state index in [0.29, 0.717) is 0 Å². The van der Waals surface area contributed by atoms with Crippen LogP contribution in [0.3, 0.4) is 0 Å². The molecule has 0 amide bonds. The Balaban J connectivity index is 1.63. The van der Waals surface area contributed by atoms with E-state index in [-0.39, 0.29) is 0 Å². The SMILES string of the molecule is [CH](OC1=CCCC1)OC1=CCCC1. The molecule has 0 unspecified atom stereocenters. The van der Waals surface area contributed by atoms with Crippen molar-refractivity contribution in [2.24, 2.45) is 0 Å². The highest BCUT2D eigenvalue weighted by molar-refractivity contribution is 5.01. The van der Waals surface area contributed by atoms with E-state index >= 15 is 0 Å². The van der Waals surface area contributed by atoms with Crippen molar-refractivity contribution >= 4 is 0 Å². The van der Waals surface area contributed by atoms with Gasteiger partial charge in [-0.1, -0.05) is 0 Å². The van der Waals surface area contributed by atoms with Gasteiger partial charge in [-0.05, 0) is 37.8 Å². The second-order valence-electron chi connectivity index (χ2n) is 3.46. The number of rotatable bonds is 4. The van der Waals surface area contributed by atoms with Crippen molar-refractivity contribution in [1.29, 1.82) is 0 Å². The fraction of sp³-hybridized carbons (Fsp3) is 0.545. The Morgan fingerprint density at radius 1 is 0.923 bits per heavy atom. The van der Waals surface area contributed by atoms with Crippen LogP contribution in [-0.4, -0.2) is 0 Å². The minimum Gasteiger partial charge on any atom is -0.453 e. The van der Waals surface area contributed by atoms with Gasteiger partial charge in [-0.15, -0.1) is 0 Å². The van der Waals surface area contributed by atoms with Crippen LogP contribution in [0.1, 0.15) is 38.5 Å². The summed E-state index contributed by atoms with van der Waals surface area (Å²) < 4.78 is 10.7. The highest BCUT2D eigenvalue weighted by Gasteiger charge is 2.08. The molecule has 0 aromatic heterocycles. The first-order valence-corrected chi connectivity index (χ1v) is 4.98. The van der Waals surface area contributed by atoms with E-state index < -0.39 is 0 Å². The van der Waals surface area contributed by atoms with Crippen molar-refractivity contribution in [3.05, 3.63) is 30.5 Å². The molecule has 0 atom stereocenters. The van der Waals surface area contributed by atoms with Gasteiger partial charge in [0.05, 0.1) is 11.5 Å². The highest BCUT2D eigenvalue weighted by Crippen LogP contribution is 2.22. The molecule has 2 aliphatic carbocycles. The molecule has 0 saturated heterocycles. The Kier molecular flexibility index (Phi) is 2.90. The molecule has 2 nitrogen and oxygen atoms in total. The van der Waals surface area contributed by atoms with Crippen LogP contribution in [-0.2, 0) is 9.47 Å². The number of hydrogen-bond acceptors (Lipinski definition) is 2. The number of ether oxygens (including phenoxy) is 2. The summed E-state index contributed by atoms with van der Waals surface area (Å²) in [6.07, 6.45) is 11.1. The van der Waals surface area contributed by atoms with Gasteiger partial charge in [0.25, 0.3) is 0 Å². The van der Waals surface area contributed by atoms with Gasteiger partial charge in [-0.25, -0.2) is 0 Å². The summed E-state index contributed by atoms with van der Waals surface area (Å²) in [5, 5.41) is 0. The normalized spacial score (nSPS) is 21.2. The fourth-order valence-corrected chi connectivity index (χ4v) is 1.64. The maximum absolute atomic E-state index is 5.34.